The van der Waals surface area contributed by atoms with E-state index in [9.17, 15) is 0 Å². The van der Waals surface area contributed by atoms with Crippen molar-refractivity contribution >= 4 is 17.4 Å². The van der Waals surface area contributed by atoms with Gasteiger partial charge in [0.15, 0.2) is 5.82 Å². The van der Waals surface area contributed by atoms with E-state index < -0.39 is 0 Å². The first-order valence-electron chi connectivity index (χ1n) is 4.43. The van der Waals surface area contributed by atoms with Gasteiger partial charge in [0.05, 0.1) is 12.7 Å². The van der Waals surface area contributed by atoms with Crippen LogP contribution in [0.15, 0.2) is 6.20 Å². The lowest BCUT2D eigenvalue weighted by atomic mass is 10.3. The summed E-state index contributed by atoms with van der Waals surface area (Å²) in [7, 11) is 0. The first-order valence-corrected chi connectivity index (χ1v) is 4.81. The first kappa shape index (κ1) is 9.76. The number of hydrogen-bond acceptors (Lipinski definition) is 4. The minimum atomic E-state index is 0.166. The second-order valence-electron chi connectivity index (χ2n) is 3.18. The van der Waals surface area contributed by atoms with E-state index in [2.05, 4.69) is 5.10 Å². The van der Waals surface area contributed by atoms with E-state index in [0.29, 0.717) is 24.2 Å². The van der Waals surface area contributed by atoms with E-state index in [1.165, 1.54) is 0 Å². The standard InChI is InChI=1S/C8H12ClN3O2/c9-7-3-12(11-8(7)10)5-14-6-1-2-13-4-6/h3,6H,1-2,4-5H2,(H2,10,11). The van der Waals surface area contributed by atoms with Crippen LogP contribution in [-0.2, 0) is 16.2 Å². The van der Waals surface area contributed by atoms with E-state index >= 15 is 0 Å². The summed E-state index contributed by atoms with van der Waals surface area (Å²) in [5, 5.41) is 4.42. The molecule has 0 saturated carbocycles. The van der Waals surface area contributed by atoms with Gasteiger partial charge in [0.1, 0.15) is 11.8 Å². The second kappa shape index (κ2) is 4.16. The Kier molecular flexibility index (Phi) is 2.90. The molecule has 0 radical (unpaired) electrons. The van der Waals surface area contributed by atoms with Gasteiger partial charge in [-0.2, -0.15) is 5.10 Å². The predicted octanol–water partition coefficient (Wildman–Crippen LogP) is 0.882. The topological polar surface area (TPSA) is 62.3 Å². The van der Waals surface area contributed by atoms with Crippen LogP contribution in [0.4, 0.5) is 5.82 Å². The molecule has 6 heteroatoms. The third-order valence-corrected chi connectivity index (χ3v) is 2.36. The normalized spacial score (nSPS) is 21.6. The number of anilines is 1. The van der Waals surface area contributed by atoms with Crippen molar-refractivity contribution in [1.29, 1.82) is 0 Å². The molecule has 2 heterocycles. The van der Waals surface area contributed by atoms with Gasteiger partial charge in [-0.1, -0.05) is 11.6 Å². The maximum absolute atomic E-state index is 5.74. The van der Waals surface area contributed by atoms with Crippen molar-refractivity contribution in [2.24, 2.45) is 0 Å². The van der Waals surface area contributed by atoms with Crippen LogP contribution in [0.3, 0.4) is 0 Å². The van der Waals surface area contributed by atoms with Crippen LogP contribution in [0.25, 0.3) is 0 Å². The van der Waals surface area contributed by atoms with Crippen LogP contribution in [0, 0.1) is 0 Å². The second-order valence-corrected chi connectivity index (χ2v) is 3.59. The van der Waals surface area contributed by atoms with Crippen molar-refractivity contribution in [2.75, 3.05) is 18.9 Å². The number of ether oxygens (including phenoxy) is 2. The monoisotopic (exact) mass is 217 g/mol. The van der Waals surface area contributed by atoms with Gasteiger partial charge in [0.25, 0.3) is 0 Å². The molecule has 78 valence electrons. The van der Waals surface area contributed by atoms with Gasteiger partial charge >= 0.3 is 0 Å². The Balaban J connectivity index is 1.85. The Morgan fingerprint density at radius 1 is 1.79 bits per heavy atom. The number of nitrogen functional groups attached to an aromatic ring is 1. The van der Waals surface area contributed by atoms with Gasteiger partial charge in [-0.3, -0.25) is 0 Å². The van der Waals surface area contributed by atoms with Crippen molar-refractivity contribution in [1.82, 2.24) is 9.78 Å². The number of halogens is 1. The van der Waals surface area contributed by atoms with E-state index in [1.807, 2.05) is 0 Å². The molecule has 1 aromatic rings. The molecule has 2 rings (SSSR count). The molecule has 14 heavy (non-hydrogen) atoms. The number of hydrogen-bond donors (Lipinski definition) is 1. The highest BCUT2D eigenvalue weighted by atomic mass is 35.5. The zero-order valence-electron chi connectivity index (χ0n) is 7.65. The van der Waals surface area contributed by atoms with Crippen molar-refractivity contribution < 1.29 is 9.47 Å². The zero-order chi connectivity index (χ0) is 9.97. The summed E-state index contributed by atoms with van der Waals surface area (Å²) < 4.78 is 12.3. The third kappa shape index (κ3) is 2.17. The number of rotatable bonds is 3. The molecule has 2 N–H and O–H groups in total. The van der Waals surface area contributed by atoms with E-state index in [4.69, 9.17) is 26.8 Å². The SMILES string of the molecule is Nc1nn(COC2CCOC2)cc1Cl. The Bertz CT molecular complexity index is 290. The minimum absolute atomic E-state index is 0.166. The summed E-state index contributed by atoms with van der Waals surface area (Å²) >= 11 is 5.74. The van der Waals surface area contributed by atoms with E-state index in [-0.39, 0.29) is 6.10 Å². The molecule has 1 aliphatic rings. The Labute approximate surface area is 86.7 Å². The first-order chi connectivity index (χ1) is 6.75. The van der Waals surface area contributed by atoms with Crippen LogP contribution in [0.1, 0.15) is 6.42 Å². The lowest BCUT2D eigenvalue weighted by Gasteiger charge is -2.08. The average Bonchev–Trinajstić information content (AvgIpc) is 2.74. The summed E-state index contributed by atoms with van der Waals surface area (Å²) in [6, 6.07) is 0. The molecule has 1 unspecified atom stereocenters. The Morgan fingerprint density at radius 3 is 3.21 bits per heavy atom. The van der Waals surface area contributed by atoms with Crippen molar-refractivity contribution in [3.63, 3.8) is 0 Å². The highest BCUT2D eigenvalue weighted by molar-refractivity contribution is 6.32. The van der Waals surface area contributed by atoms with Crippen LogP contribution in [0.5, 0.6) is 0 Å². The van der Waals surface area contributed by atoms with Gasteiger partial charge in [-0.05, 0) is 6.42 Å². The highest BCUT2D eigenvalue weighted by Gasteiger charge is 2.16. The van der Waals surface area contributed by atoms with Crippen LogP contribution >= 0.6 is 11.6 Å². The molecule has 1 fully saturated rings. The fraction of sp³-hybridized carbons (Fsp3) is 0.625. The largest absolute Gasteiger partial charge is 0.381 e. The summed E-state index contributed by atoms with van der Waals surface area (Å²) in [6.45, 7) is 1.79. The fourth-order valence-electron chi connectivity index (χ4n) is 1.30. The van der Waals surface area contributed by atoms with Crippen molar-refractivity contribution in [3.05, 3.63) is 11.2 Å². The van der Waals surface area contributed by atoms with Gasteiger partial charge in [0.2, 0.25) is 0 Å². The smallest absolute Gasteiger partial charge is 0.164 e. The molecule has 1 aliphatic heterocycles. The van der Waals surface area contributed by atoms with Gasteiger partial charge in [-0.25, -0.2) is 4.68 Å². The number of aromatic nitrogens is 2. The molecule has 0 aliphatic carbocycles. The molecule has 1 saturated heterocycles. The fourth-order valence-corrected chi connectivity index (χ4v) is 1.45. The number of nitrogens with zero attached hydrogens (tertiary/aromatic N) is 2. The molecule has 1 atom stereocenters. The average molecular weight is 218 g/mol. The summed E-state index contributed by atoms with van der Waals surface area (Å²) in [4.78, 5) is 0. The van der Waals surface area contributed by atoms with Gasteiger partial charge in [-0.15, -0.1) is 0 Å². The van der Waals surface area contributed by atoms with Crippen molar-refractivity contribution in [2.45, 2.75) is 19.3 Å². The summed E-state index contributed by atoms with van der Waals surface area (Å²) in [5.41, 5.74) is 5.48. The molecule has 1 aromatic heterocycles. The molecule has 0 aromatic carbocycles. The zero-order valence-corrected chi connectivity index (χ0v) is 8.41. The Morgan fingerprint density at radius 2 is 2.64 bits per heavy atom. The quantitative estimate of drug-likeness (QED) is 0.817. The summed E-state index contributed by atoms with van der Waals surface area (Å²) in [6.07, 6.45) is 2.75. The molecule has 5 nitrogen and oxygen atoms in total. The summed E-state index contributed by atoms with van der Waals surface area (Å²) in [5.74, 6) is 0.331. The van der Waals surface area contributed by atoms with Crippen molar-refractivity contribution in [3.8, 4) is 0 Å². The Hall–Kier alpha value is -0.780. The molecule has 0 bridgehead atoms. The lowest BCUT2D eigenvalue weighted by Crippen LogP contribution is -2.15. The van der Waals surface area contributed by atoms with Gasteiger partial charge in [0, 0.05) is 12.8 Å². The molecule has 0 amide bonds. The van der Waals surface area contributed by atoms with Crippen LogP contribution < -0.4 is 5.73 Å². The minimum Gasteiger partial charge on any atom is -0.381 e. The molecule has 0 spiro atoms. The van der Waals surface area contributed by atoms with Crippen LogP contribution in [-0.4, -0.2) is 29.1 Å². The van der Waals surface area contributed by atoms with Crippen LogP contribution in [0.2, 0.25) is 5.02 Å². The third-order valence-electron chi connectivity index (χ3n) is 2.07. The predicted molar refractivity (Wildman–Crippen MR) is 52.0 cm³/mol. The van der Waals surface area contributed by atoms with E-state index in [1.54, 1.807) is 10.9 Å². The maximum Gasteiger partial charge on any atom is 0.164 e. The lowest BCUT2D eigenvalue weighted by molar-refractivity contribution is -0.00325. The maximum atomic E-state index is 5.74. The highest BCUT2D eigenvalue weighted by Crippen LogP contribution is 2.16. The molecular weight excluding hydrogens is 206 g/mol. The molecular formula is C8H12ClN3O2. The van der Waals surface area contributed by atoms with E-state index in [0.717, 1.165) is 13.0 Å². The van der Waals surface area contributed by atoms with Gasteiger partial charge < -0.3 is 15.2 Å². The number of nitrogens with two attached hydrogens (primary N) is 1.